The van der Waals surface area contributed by atoms with Crippen molar-refractivity contribution in [2.24, 2.45) is 5.92 Å². The van der Waals surface area contributed by atoms with Gasteiger partial charge in [0.15, 0.2) is 6.61 Å². The number of carbonyl (C=O) groups is 1. The molecule has 0 unspecified atom stereocenters. The van der Waals surface area contributed by atoms with Crippen LogP contribution < -0.4 is 0 Å². The predicted octanol–water partition coefficient (Wildman–Crippen LogP) is 3.51. The van der Waals surface area contributed by atoms with E-state index in [0.29, 0.717) is 29.1 Å². The maximum atomic E-state index is 13.4. The Labute approximate surface area is 199 Å². The number of rotatable bonds is 6. The SMILES string of the molecule is Cc1cc(C)c(C)c(S(=O)(=O)N2CCC(C(=O)OCc3nc(-c4cccnc4)no3)CC2)c1C. The number of esters is 1. The molecule has 0 spiro atoms. The van der Waals surface area contributed by atoms with Gasteiger partial charge in [0.1, 0.15) is 0 Å². The summed E-state index contributed by atoms with van der Waals surface area (Å²) in [7, 11) is -3.65. The number of hydrogen-bond donors (Lipinski definition) is 0. The van der Waals surface area contributed by atoms with Crippen molar-refractivity contribution in [2.75, 3.05) is 13.1 Å². The Morgan fingerprint density at radius 2 is 1.82 bits per heavy atom. The van der Waals surface area contributed by atoms with E-state index in [1.165, 1.54) is 4.31 Å². The lowest BCUT2D eigenvalue weighted by molar-refractivity contribution is -0.152. The van der Waals surface area contributed by atoms with Crippen LogP contribution in [0.2, 0.25) is 0 Å². The maximum Gasteiger partial charge on any atom is 0.309 e. The van der Waals surface area contributed by atoms with Crippen LogP contribution in [0.1, 0.15) is 41.0 Å². The van der Waals surface area contributed by atoms with Crippen LogP contribution in [0.25, 0.3) is 11.4 Å². The molecule has 1 aromatic carbocycles. The third-order valence-electron chi connectivity index (χ3n) is 6.41. The number of ether oxygens (including phenoxy) is 1. The molecule has 0 N–H and O–H groups in total. The van der Waals surface area contributed by atoms with Gasteiger partial charge in [-0.15, -0.1) is 0 Å². The average Bonchev–Trinajstić information content (AvgIpc) is 3.31. The van der Waals surface area contributed by atoms with Gasteiger partial charge in [0.05, 0.1) is 10.8 Å². The first-order valence-corrected chi connectivity index (χ1v) is 12.6. The Hall–Kier alpha value is -3.11. The fourth-order valence-corrected chi connectivity index (χ4v) is 6.25. The summed E-state index contributed by atoms with van der Waals surface area (Å²) in [5.41, 5.74) is 4.15. The third-order valence-corrected chi connectivity index (χ3v) is 8.58. The van der Waals surface area contributed by atoms with Crippen molar-refractivity contribution in [3.05, 3.63) is 58.7 Å². The van der Waals surface area contributed by atoms with Gasteiger partial charge in [0, 0.05) is 31.0 Å². The number of aryl methyl sites for hydroxylation is 2. The summed E-state index contributed by atoms with van der Waals surface area (Å²) >= 11 is 0. The smallest absolute Gasteiger partial charge is 0.309 e. The van der Waals surface area contributed by atoms with Crippen molar-refractivity contribution in [1.82, 2.24) is 19.4 Å². The number of benzene rings is 1. The molecule has 1 saturated heterocycles. The number of piperidine rings is 1. The first-order chi connectivity index (χ1) is 16.2. The van der Waals surface area contributed by atoms with Gasteiger partial charge in [-0.05, 0) is 74.9 Å². The van der Waals surface area contributed by atoms with Gasteiger partial charge >= 0.3 is 5.97 Å². The molecule has 1 aliphatic rings. The summed E-state index contributed by atoms with van der Waals surface area (Å²) in [6.45, 7) is 7.93. The highest BCUT2D eigenvalue weighted by Gasteiger charge is 2.35. The normalized spacial score (nSPS) is 15.4. The molecule has 3 aromatic rings. The van der Waals surface area contributed by atoms with Gasteiger partial charge in [-0.25, -0.2) is 8.42 Å². The Bertz CT molecular complexity index is 1270. The van der Waals surface area contributed by atoms with Crippen molar-refractivity contribution in [3.63, 3.8) is 0 Å². The van der Waals surface area contributed by atoms with Crippen LogP contribution in [0.4, 0.5) is 0 Å². The minimum absolute atomic E-state index is 0.133. The number of nitrogens with zero attached hydrogens (tertiary/aromatic N) is 4. The van der Waals surface area contributed by atoms with Crippen molar-refractivity contribution in [3.8, 4) is 11.4 Å². The van der Waals surface area contributed by atoms with Crippen molar-refractivity contribution in [2.45, 2.75) is 52.0 Å². The molecule has 0 bridgehead atoms. The standard InChI is InChI=1S/C24H28N4O5S/c1-15-12-16(2)18(4)22(17(15)3)34(30,31)28-10-7-19(8-11-28)24(29)32-14-21-26-23(27-33-21)20-6-5-9-25-13-20/h5-6,9,12-13,19H,7-8,10-11,14H2,1-4H3. The molecule has 3 heterocycles. The van der Waals surface area contributed by atoms with E-state index >= 15 is 0 Å². The van der Waals surface area contributed by atoms with E-state index in [-0.39, 0.29) is 31.5 Å². The molecule has 2 aromatic heterocycles. The fourth-order valence-electron chi connectivity index (χ4n) is 4.21. The van der Waals surface area contributed by atoms with Crippen LogP contribution in [0.5, 0.6) is 0 Å². The van der Waals surface area contributed by atoms with E-state index in [1.54, 1.807) is 24.5 Å². The van der Waals surface area contributed by atoms with E-state index in [1.807, 2.05) is 33.8 Å². The Kier molecular flexibility index (Phi) is 6.81. The number of carbonyl (C=O) groups excluding carboxylic acids is 1. The Morgan fingerprint density at radius 3 is 2.44 bits per heavy atom. The first-order valence-electron chi connectivity index (χ1n) is 11.2. The highest BCUT2D eigenvalue weighted by Crippen LogP contribution is 2.31. The van der Waals surface area contributed by atoms with Crippen LogP contribution in [0, 0.1) is 33.6 Å². The van der Waals surface area contributed by atoms with Gasteiger partial charge in [0.25, 0.3) is 5.89 Å². The van der Waals surface area contributed by atoms with E-state index in [9.17, 15) is 13.2 Å². The Morgan fingerprint density at radius 1 is 1.15 bits per heavy atom. The average molecular weight is 485 g/mol. The lowest BCUT2D eigenvalue weighted by Gasteiger charge is -2.31. The number of hydrogen-bond acceptors (Lipinski definition) is 8. The summed E-state index contributed by atoms with van der Waals surface area (Å²) in [5.74, 6) is -0.215. The highest BCUT2D eigenvalue weighted by molar-refractivity contribution is 7.89. The molecular weight excluding hydrogens is 456 g/mol. The summed E-state index contributed by atoms with van der Waals surface area (Å²) in [5, 5.41) is 3.88. The molecule has 1 fully saturated rings. The molecule has 0 amide bonds. The minimum atomic E-state index is -3.65. The predicted molar refractivity (Wildman–Crippen MR) is 124 cm³/mol. The zero-order chi connectivity index (χ0) is 24.5. The molecule has 0 saturated carbocycles. The monoisotopic (exact) mass is 484 g/mol. The van der Waals surface area contributed by atoms with E-state index in [2.05, 4.69) is 15.1 Å². The van der Waals surface area contributed by atoms with Gasteiger partial charge in [-0.3, -0.25) is 9.78 Å². The lowest BCUT2D eigenvalue weighted by atomic mass is 9.98. The lowest BCUT2D eigenvalue weighted by Crippen LogP contribution is -2.41. The molecule has 0 atom stereocenters. The van der Waals surface area contributed by atoms with Gasteiger partial charge < -0.3 is 9.26 Å². The van der Waals surface area contributed by atoms with Crippen LogP contribution in [0.15, 0.2) is 40.0 Å². The molecular formula is C24H28N4O5S. The van der Waals surface area contributed by atoms with Crippen molar-refractivity contribution < 1.29 is 22.5 Å². The van der Waals surface area contributed by atoms with Crippen LogP contribution in [0.3, 0.4) is 0 Å². The second kappa shape index (κ2) is 9.63. The van der Waals surface area contributed by atoms with Crippen LogP contribution in [-0.2, 0) is 26.2 Å². The summed E-state index contributed by atoms with van der Waals surface area (Å²) in [6, 6.07) is 5.58. The highest BCUT2D eigenvalue weighted by atomic mass is 32.2. The topological polar surface area (TPSA) is 115 Å². The first kappa shape index (κ1) is 24.0. The number of sulfonamides is 1. The van der Waals surface area contributed by atoms with Crippen molar-refractivity contribution in [1.29, 1.82) is 0 Å². The van der Waals surface area contributed by atoms with Gasteiger partial charge in [0.2, 0.25) is 15.8 Å². The minimum Gasteiger partial charge on any atom is -0.455 e. The zero-order valence-corrected chi connectivity index (χ0v) is 20.6. The molecule has 1 aliphatic heterocycles. The van der Waals surface area contributed by atoms with E-state index < -0.39 is 16.0 Å². The summed E-state index contributed by atoms with van der Waals surface area (Å²) < 4.78 is 38.8. The van der Waals surface area contributed by atoms with Crippen LogP contribution >= 0.6 is 0 Å². The molecule has 0 radical (unpaired) electrons. The zero-order valence-electron chi connectivity index (χ0n) is 19.7. The maximum absolute atomic E-state index is 13.4. The van der Waals surface area contributed by atoms with Crippen LogP contribution in [-0.4, -0.2) is 46.9 Å². The molecule has 180 valence electrons. The molecule has 10 heteroatoms. The quantitative estimate of drug-likeness (QED) is 0.488. The van der Waals surface area contributed by atoms with Gasteiger partial charge in [-0.1, -0.05) is 11.2 Å². The molecule has 9 nitrogen and oxygen atoms in total. The summed E-state index contributed by atoms with van der Waals surface area (Å²) in [4.78, 5) is 21.2. The Balaban J connectivity index is 1.36. The van der Waals surface area contributed by atoms with E-state index in [0.717, 1.165) is 22.3 Å². The second-order valence-electron chi connectivity index (χ2n) is 8.63. The second-order valence-corrected chi connectivity index (χ2v) is 10.5. The molecule has 0 aliphatic carbocycles. The third kappa shape index (κ3) is 4.74. The number of aromatic nitrogens is 3. The van der Waals surface area contributed by atoms with Gasteiger partial charge in [-0.2, -0.15) is 9.29 Å². The summed E-state index contributed by atoms with van der Waals surface area (Å²) in [6.07, 6.45) is 4.05. The fraction of sp³-hybridized carbons (Fsp3) is 0.417. The van der Waals surface area contributed by atoms with Crippen molar-refractivity contribution >= 4 is 16.0 Å². The number of pyridine rings is 1. The molecule has 4 rings (SSSR count). The molecule has 34 heavy (non-hydrogen) atoms. The van der Waals surface area contributed by atoms with E-state index in [4.69, 9.17) is 9.26 Å². The largest absolute Gasteiger partial charge is 0.455 e.